The second kappa shape index (κ2) is 5.81. The van der Waals surface area contributed by atoms with Gasteiger partial charge in [0.2, 0.25) is 0 Å². The number of hydrogen-bond donors (Lipinski definition) is 1. The van der Waals surface area contributed by atoms with Gasteiger partial charge < -0.3 is 10.5 Å². The minimum atomic E-state index is 0.534. The highest BCUT2D eigenvalue weighted by atomic mass is 32.2. The van der Waals surface area contributed by atoms with Crippen LogP contribution in [0.5, 0.6) is 0 Å². The van der Waals surface area contributed by atoms with Crippen LogP contribution in [0.2, 0.25) is 0 Å². The fourth-order valence-electron chi connectivity index (χ4n) is 2.23. The van der Waals surface area contributed by atoms with E-state index < -0.39 is 0 Å². The summed E-state index contributed by atoms with van der Waals surface area (Å²) in [7, 11) is 0. The summed E-state index contributed by atoms with van der Waals surface area (Å²) in [6.45, 7) is 3.36. The summed E-state index contributed by atoms with van der Waals surface area (Å²) in [6.07, 6.45) is 0.823. The number of anilines is 1. The van der Waals surface area contributed by atoms with Crippen LogP contribution in [0, 0.1) is 6.92 Å². The molecule has 2 N–H and O–H groups in total. The third-order valence-corrected chi connectivity index (χ3v) is 4.52. The predicted molar refractivity (Wildman–Crippen MR) is 80.5 cm³/mol. The molecule has 1 aromatic heterocycles. The Bertz CT molecular complexity index is 631. The number of aromatic nitrogens is 2. The van der Waals surface area contributed by atoms with E-state index in [-0.39, 0.29) is 0 Å². The first-order valence-corrected chi connectivity index (χ1v) is 7.63. The Hall–Kier alpha value is -1.59. The lowest BCUT2D eigenvalue weighted by Gasteiger charge is -2.17. The molecule has 20 heavy (non-hydrogen) atoms. The molecule has 2 heterocycles. The molecule has 0 fully saturated rings. The van der Waals surface area contributed by atoms with E-state index in [1.165, 1.54) is 10.5 Å². The Morgan fingerprint density at radius 3 is 3.00 bits per heavy atom. The number of rotatable bonds is 3. The van der Waals surface area contributed by atoms with Crippen molar-refractivity contribution in [3.63, 3.8) is 0 Å². The lowest BCUT2D eigenvalue weighted by Crippen LogP contribution is -2.16. The molecule has 0 unspecified atom stereocenters. The molecule has 0 saturated carbocycles. The molecule has 0 atom stereocenters. The molecule has 1 aliphatic rings. The van der Waals surface area contributed by atoms with Crippen LogP contribution in [0.4, 0.5) is 5.82 Å². The molecule has 1 aliphatic heterocycles. The van der Waals surface area contributed by atoms with E-state index in [2.05, 4.69) is 35.1 Å². The summed E-state index contributed by atoms with van der Waals surface area (Å²) in [5, 5.41) is 0. The Kier molecular flexibility index (Phi) is 3.89. The molecule has 0 bridgehead atoms. The number of nitrogen functional groups attached to an aromatic ring is 1. The second-order valence-electron chi connectivity index (χ2n) is 4.81. The molecule has 0 amide bonds. The van der Waals surface area contributed by atoms with Gasteiger partial charge in [0.25, 0.3) is 0 Å². The van der Waals surface area contributed by atoms with Crippen LogP contribution < -0.4 is 5.73 Å². The average molecular weight is 287 g/mol. The van der Waals surface area contributed by atoms with Crippen LogP contribution in [-0.4, -0.2) is 16.6 Å². The van der Waals surface area contributed by atoms with Crippen LogP contribution in [0.3, 0.4) is 0 Å². The second-order valence-corrected chi connectivity index (χ2v) is 5.82. The lowest BCUT2D eigenvalue weighted by molar-refractivity contribution is 0.109. The normalized spacial score (nSPS) is 14.1. The number of aryl methyl sites for hydroxylation is 1. The van der Waals surface area contributed by atoms with Gasteiger partial charge in [-0.05, 0) is 18.6 Å². The van der Waals surface area contributed by atoms with Crippen LogP contribution >= 0.6 is 11.8 Å². The predicted octanol–water partition coefficient (Wildman–Crippen LogP) is 2.73. The van der Waals surface area contributed by atoms with E-state index in [0.717, 1.165) is 29.3 Å². The van der Waals surface area contributed by atoms with Crippen molar-refractivity contribution in [2.75, 3.05) is 12.3 Å². The highest BCUT2D eigenvalue weighted by Crippen LogP contribution is 2.26. The van der Waals surface area contributed by atoms with Gasteiger partial charge in [-0.3, -0.25) is 0 Å². The molecule has 2 aromatic rings. The topological polar surface area (TPSA) is 61.0 Å². The minimum Gasteiger partial charge on any atom is -0.383 e. The summed E-state index contributed by atoms with van der Waals surface area (Å²) in [5.41, 5.74) is 9.28. The van der Waals surface area contributed by atoms with Gasteiger partial charge in [-0.2, -0.15) is 0 Å². The quantitative estimate of drug-likeness (QED) is 0.880. The zero-order chi connectivity index (χ0) is 13.9. The van der Waals surface area contributed by atoms with Gasteiger partial charge in [0.15, 0.2) is 0 Å². The number of fused-ring (bicyclic) bond motifs is 1. The maximum absolute atomic E-state index is 6.00. The average Bonchev–Trinajstić information content (AvgIpc) is 2.46. The van der Waals surface area contributed by atoms with E-state index in [9.17, 15) is 0 Å². The number of nitrogens with zero attached hydrogens (tertiary/aromatic N) is 2. The molecule has 3 rings (SSSR count). The van der Waals surface area contributed by atoms with E-state index in [0.29, 0.717) is 19.0 Å². The number of ether oxygens (including phenoxy) is 1. The van der Waals surface area contributed by atoms with Crippen molar-refractivity contribution in [1.29, 1.82) is 0 Å². The Morgan fingerprint density at radius 2 is 2.15 bits per heavy atom. The third-order valence-electron chi connectivity index (χ3n) is 3.35. The first kappa shape index (κ1) is 13.4. The summed E-state index contributed by atoms with van der Waals surface area (Å²) in [6, 6.07) is 8.33. The monoisotopic (exact) mass is 287 g/mol. The molecule has 0 saturated heterocycles. The van der Waals surface area contributed by atoms with Crippen molar-refractivity contribution in [3.8, 4) is 0 Å². The van der Waals surface area contributed by atoms with Gasteiger partial charge >= 0.3 is 0 Å². The summed E-state index contributed by atoms with van der Waals surface area (Å²) >= 11 is 1.75. The zero-order valence-corrected chi connectivity index (χ0v) is 12.2. The number of hydrogen-bond acceptors (Lipinski definition) is 5. The highest BCUT2D eigenvalue weighted by Gasteiger charge is 2.16. The van der Waals surface area contributed by atoms with Crippen LogP contribution in [-0.2, 0) is 23.5 Å². The van der Waals surface area contributed by atoms with Gasteiger partial charge in [-0.1, -0.05) is 18.2 Å². The molecule has 5 heteroatoms. The smallest absolute Gasteiger partial charge is 0.141 e. The molecular weight excluding hydrogens is 270 g/mol. The van der Waals surface area contributed by atoms with Crippen LogP contribution in [0.1, 0.15) is 22.6 Å². The number of nitrogens with two attached hydrogens (primary N) is 1. The molecule has 0 spiro atoms. The number of thioether (sulfide) groups is 1. The van der Waals surface area contributed by atoms with Crippen molar-refractivity contribution in [2.24, 2.45) is 0 Å². The van der Waals surface area contributed by atoms with Gasteiger partial charge in [0.05, 0.1) is 24.7 Å². The summed E-state index contributed by atoms with van der Waals surface area (Å²) < 4.78 is 5.40. The van der Waals surface area contributed by atoms with Crippen molar-refractivity contribution in [2.45, 2.75) is 30.6 Å². The Labute approximate surface area is 122 Å². The lowest BCUT2D eigenvalue weighted by atomic mass is 10.1. The van der Waals surface area contributed by atoms with E-state index in [4.69, 9.17) is 10.5 Å². The molecular formula is C15H17N3OS. The molecule has 1 aromatic carbocycles. The molecule has 104 valence electrons. The van der Waals surface area contributed by atoms with Crippen LogP contribution in [0.15, 0.2) is 29.2 Å². The van der Waals surface area contributed by atoms with E-state index >= 15 is 0 Å². The van der Waals surface area contributed by atoms with Gasteiger partial charge in [0, 0.05) is 16.9 Å². The maximum atomic E-state index is 6.00. The maximum Gasteiger partial charge on any atom is 0.141 e. The molecule has 0 radical (unpaired) electrons. The first-order valence-electron chi connectivity index (χ1n) is 6.64. The van der Waals surface area contributed by atoms with Crippen molar-refractivity contribution in [3.05, 3.63) is 46.9 Å². The van der Waals surface area contributed by atoms with Crippen molar-refractivity contribution in [1.82, 2.24) is 9.97 Å². The van der Waals surface area contributed by atoms with Crippen molar-refractivity contribution < 1.29 is 4.74 Å². The first-order chi connectivity index (χ1) is 9.74. The van der Waals surface area contributed by atoms with Gasteiger partial charge in [0.1, 0.15) is 11.6 Å². The molecule has 4 nitrogen and oxygen atoms in total. The number of benzene rings is 1. The minimum absolute atomic E-state index is 0.534. The summed E-state index contributed by atoms with van der Waals surface area (Å²) in [4.78, 5) is 10.3. The summed E-state index contributed by atoms with van der Waals surface area (Å²) in [5.74, 6) is 2.11. The van der Waals surface area contributed by atoms with Gasteiger partial charge in [-0.25, -0.2) is 9.97 Å². The highest BCUT2D eigenvalue weighted by molar-refractivity contribution is 7.98. The fraction of sp³-hybridized carbons (Fsp3) is 0.333. The third kappa shape index (κ3) is 2.78. The fourth-order valence-corrected chi connectivity index (χ4v) is 3.12. The zero-order valence-electron chi connectivity index (χ0n) is 11.4. The standard InChI is InChI=1S/C15H17N3OS/c1-10-4-2-3-5-13(10)20-9-14-17-12-6-7-19-8-11(12)15(16)18-14/h2-5H,6-9H2,1H3,(H2,16,17,18). The van der Waals surface area contributed by atoms with E-state index in [1.54, 1.807) is 11.8 Å². The SMILES string of the molecule is Cc1ccccc1SCc1nc(N)c2c(n1)CCOC2. The van der Waals surface area contributed by atoms with Crippen molar-refractivity contribution >= 4 is 17.6 Å². The van der Waals surface area contributed by atoms with Gasteiger partial charge in [-0.15, -0.1) is 11.8 Å². The largest absolute Gasteiger partial charge is 0.383 e. The van der Waals surface area contributed by atoms with E-state index in [1.807, 2.05) is 6.07 Å². The Morgan fingerprint density at radius 1 is 1.30 bits per heavy atom. The Balaban J connectivity index is 1.78. The van der Waals surface area contributed by atoms with Crippen LogP contribution in [0.25, 0.3) is 0 Å². The molecule has 0 aliphatic carbocycles.